The molecule has 0 fully saturated rings. The molecule has 3 heteroatoms. The van der Waals surface area contributed by atoms with Gasteiger partial charge in [0.1, 0.15) is 0 Å². The lowest BCUT2D eigenvalue weighted by molar-refractivity contribution is 0.256. The van der Waals surface area contributed by atoms with E-state index in [2.05, 4.69) is 36.5 Å². The van der Waals surface area contributed by atoms with E-state index in [0.717, 1.165) is 28.1 Å². The van der Waals surface area contributed by atoms with Gasteiger partial charge in [0.05, 0.1) is 6.54 Å². The average Bonchev–Trinajstić information content (AvgIpc) is 2.80. The van der Waals surface area contributed by atoms with Gasteiger partial charge in [-0.25, -0.2) is 4.79 Å². The van der Waals surface area contributed by atoms with Gasteiger partial charge < -0.3 is 5.32 Å². The molecule has 0 saturated heterocycles. The molecule has 148 valence electrons. The zero-order chi connectivity index (χ0) is 20.8. The SMILES string of the molecule is Cc1ccc(N(Cc2ccccc2)C(=O)Nc2ccccc2)cc1-c1ccccc1. The zero-order valence-electron chi connectivity index (χ0n) is 17.0. The Hall–Kier alpha value is -3.85. The van der Waals surface area contributed by atoms with Gasteiger partial charge in [-0.3, -0.25) is 4.90 Å². The van der Waals surface area contributed by atoms with E-state index in [4.69, 9.17) is 0 Å². The average molecular weight is 393 g/mol. The standard InChI is InChI=1S/C27H24N2O/c1-21-17-18-25(19-26(21)23-13-7-3-8-14-23)29(20-22-11-5-2-6-12-22)27(30)28-24-15-9-4-10-16-24/h2-19H,20H2,1H3,(H,28,30). The van der Waals surface area contributed by atoms with E-state index in [9.17, 15) is 4.79 Å². The molecule has 4 aromatic rings. The number of hydrogen-bond donors (Lipinski definition) is 1. The maximum absolute atomic E-state index is 13.3. The molecule has 0 spiro atoms. The molecule has 4 aromatic carbocycles. The van der Waals surface area contributed by atoms with Gasteiger partial charge in [-0.05, 0) is 53.4 Å². The Balaban J connectivity index is 1.71. The normalized spacial score (nSPS) is 10.4. The first-order valence-electron chi connectivity index (χ1n) is 10.0. The van der Waals surface area contributed by atoms with Crippen molar-refractivity contribution < 1.29 is 4.79 Å². The number of hydrogen-bond acceptors (Lipinski definition) is 1. The molecule has 0 heterocycles. The molecule has 0 aliphatic carbocycles. The third kappa shape index (κ3) is 4.58. The van der Waals surface area contributed by atoms with Gasteiger partial charge in [0.2, 0.25) is 0 Å². The number of benzene rings is 4. The van der Waals surface area contributed by atoms with Gasteiger partial charge in [0.15, 0.2) is 0 Å². The molecule has 0 unspecified atom stereocenters. The molecule has 0 aliphatic rings. The summed E-state index contributed by atoms with van der Waals surface area (Å²) in [7, 11) is 0. The Morgan fingerprint density at radius 1 is 0.767 bits per heavy atom. The molecule has 0 aromatic heterocycles. The molecule has 3 nitrogen and oxygen atoms in total. The monoisotopic (exact) mass is 392 g/mol. The first-order valence-corrected chi connectivity index (χ1v) is 10.0. The van der Waals surface area contributed by atoms with Crippen LogP contribution in [0.25, 0.3) is 11.1 Å². The van der Waals surface area contributed by atoms with Crippen molar-refractivity contribution in [3.63, 3.8) is 0 Å². The van der Waals surface area contributed by atoms with Crippen LogP contribution in [0, 0.1) is 6.92 Å². The van der Waals surface area contributed by atoms with Crippen LogP contribution in [0.3, 0.4) is 0 Å². The Labute approximate surface area is 177 Å². The van der Waals surface area contributed by atoms with Gasteiger partial charge >= 0.3 is 6.03 Å². The van der Waals surface area contributed by atoms with Crippen molar-refractivity contribution in [2.24, 2.45) is 0 Å². The highest BCUT2D eigenvalue weighted by molar-refractivity contribution is 6.02. The summed E-state index contributed by atoms with van der Waals surface area (Å²) in [5.74, 6) is 0. The van der Waals surface area contributed by atoms with Gasteiger partial charge in [-0.2, -0.15) is 0 Å². The van der Waals surface area contributed by atoms with Crippen LogP contribution >= 0.6 is 0 Å². The van der Waals surface area contributed by atoms with E-state index in [1.165, 1.54) is 5.56 Å². The molecule has 4 rings (SSSR count). The summed E-state index contributed by atoms with van der Waals surface area (Å²) < 4.78 is 0. The number of carbonyl (C=O) groups excluding carboxylic acids is 1. The van der Waals surface area contributed by atoms with Crippen LogP contribution in [0.1, 0.15) is 11.1 Å². The summed E-state index contributed by atoms with van der Waals surface area (Å²) in [6, 6.07) is 35.9. The quantitative estimate of drug-likeness (QED) is 0.393. The Morgan fingerprint density at radius 2 is 1.37 bits per heavy atom. The predicted molar refractivity (Wildman–Crippen MR) is 125 cm³/mol. The van der Waals surface area contributed by atoms with E-state index in [0.29, 0.717) is 6.54 Å². The highest BCUT2D eigenvalue weighted by Gasteiger charge is 2.18. The third-order valence-corrected chi connectivity index (χ3v) is 5.07. The minimum atomic E-state index is -0.159. The van der Waals surface area contributed by atoms with Crippen molar-refractivity contribution in [1.82, 2.24) is 0 Å². The van der Waals surface area contributed by atoms with Crippen LogP contribution < -0.4 is 10.2 Å². The highest BCUT2D eigenvalue weighted by atomic mass is 16.2. The van der Waals surface area contributed by atoms with Gasteiger partial charge in [0, 0.05) is 11.4 Å². The van der Waals surface area contributed by atoms with Crippen molar-refractivity contribution in [2.75, 3.05) is 10.2 Å². The number of rotatable bonds is 5. The largest absolute Gasteiger partial charge is 0.326 e. The molecule has 0 radical (unpaired) electrons. The second kappa shape index (κ2) is 9.10. The van der Waals surface area contributed by atoms with Gasteiger partial charge in [0.25, 0.3) is 0 Å². The maximum Gasteiger partial charge on any atom is 0.326 e. The maximum atomic E-state index is 13.3. The second-order valence-corrected chi connectivity index (χ2v) is 7.23. The number of para-hydroxylation sites is 1. The van der Waals surface area contributed by atoms with Crippen LogP contribution in [0.15, 0.2) is 109 Å². The lowest BCUT2D eigenvalue weighted by Gasteiger charge is -2.25. The molecule has 2 amide bonds. The molecular weight excluding hydrogens is 368 g/mol. The number of amides is 2. The zero-order valence-corrected chi connectivity index (χ0v) is 17.0. The van der Waals surface area contributed by atoms with Crippen LogP contribution in [0.2, 0.25) is 0 Å². The fourth-order valence-electron chi connectivity index (χ4n) is 3.47. The number of nitrogens with zero attached hydrogens (tertiary/aromatic N) is 1. The lowest BCUT2D eigenvalue weighted by Crippen LogP contribution is -2.34. The molecule has 0 atom stereocenters. The summed E-state index contributed by atoms with van der Waals surface area (Å²) in [5.41, 5.74) is 6.14. The topological polar surface area (TPSA) is 32.3 Å². The molecule has 0 aliphatic heterocycles. The summed E-state index contributed by atoms with van der Waals surface area (Å²) >= 11 is 0. The lowest BCUT2D eigenvalue weighted by atomic mass is 9.99. The van der Waals surface area contributed by atoms with E-state index >= 15 is 0 Å². The fourth-order valence-corrected chi connectivity index (χ4v) is 3.47. The minimum absolute atomic E-state index is 0.159. The Morgan fingerprint density at radius 3 is 2.03 bits per heavy atom. The second-order valence-electron chi connectivity index (χ2n) is 7.23. The first kappa shape index (κ1) is 19.5. The van der Waals surface area contributed by atoms with E-state index in [-0.39, 0.29) is 6.03 Å². The van der Waals surface area contributed by atoms with Crippen molar-refractivity contribution in [3.8, 4) is 11.1 Å². The van der Waals surface area contributed by atoms with E-state index in [1.807, 2.05) is 84.9 Å². The summed E-state index contributed by atoms with van der Waals surface area (Å²) in [5, 5.41) is 3.02. The summed E-state index contributed by atoms with van der Waals surface area (Å²) in [4.78, 5) is 15.1. The predicted octanol–water partition coefficient (Wildman–Crippen LogP) is 6.90. The summed E-state index contributed by atoms with van der Waals surface area (Å²) in [6.45, 7) is 2.58. The van der Waals surface area contributed by atoms with Crippen LogP contribution in [0.5, 0.6) is 0 Å². The summed E-state index contributed by atoms with van der Waals surface area (Å²) in [6.07, 6.45) is 0. The van der Waals surface area contributed by atoms with E-state index < -0.39 is 0 Å². The number of urea groups is 1. The highest BCUT2D eigenvalue weighted by Crippen LogP contribution is 2.29. The number of carbonyl (C=O) groups is 1. The van der Waals surface area contributed by atoms with Crippen molar-refractivity contribution in [1.29, 1.82) is 0 Å². The molecule has 0 saturated carbocycles. The van der Waals surface area contributed by atoms with Crippen molar-refractivity contribution >= 4 is 17.4 Å². The van der Waals surface area contributed by atoms with Crippen LogP contribution in [0.4, 0.5) is 16.2 Å². The van der Waals surface area contributed by atoms with Crippen LogP contribution in [-0.2, 0) is 6.54 Å². The van der Waals surface area contributed by atoms with Gasteiger partial charge in [-0.15, -0.1) is 0 Å². The molecular formula is C27H24N2O. The van der Waals surface area contributed by atoms with Gasteiger partial charge in [-0.1, -0.05) is 84.9 Å². The third-order valence-electron chi connectivity index (χ3n) is 5.07. The number of nitrogens with one attached hydrogen (secondary N) is 1. The fraction of sp³-hybridized carbons (Fsp3) is 0.0741. The number of aryl methyl sites for hydroxylation is 1. The molecule has 1 N–H and O–H groups in total. The van der Waals surface area contributed by atoms with Crippen LogP contribution in [-0.4, -0.2) is 6.03 Å². The molecule has 30 heavy (non-hydrogen) atoms. The minimum Gasteiger partial charge on any atom is -0.308 e. The molecule has 0 bridgehead atoms. The smallest absolute Gasteiger partial charge is 0.308 e. The number of anilines is 2. The Kier molecular flexibility index (Phi) is 5.90. The Bertz CT molecular complexity index is 1110. The van der Waals surface area contributed by atoms with E-state index in [1.54, 1.807) is 4.90 Å². The first-order chi connectivity index (χ1) is 14.7. The van der Waals surface area contributed by atoms with Crippen molar-refractivity contribution in [2.45, 2.75) is 13.5 Å². The van der Waals surface area contributed by atoms with Crippen molar-refractivity contribution in [3.05, 3.63) is 120 Å².